The number of carbonyl (C=O) groups excluding carboxylic acids is 1. The van der Waals surface area contributed by atoms with E-state index in [0.717, 1.165) is 19.1 Å². The van der Waals surface area contributed by atoms with E-state index in [1.54, 1.807) is 0 Å². The van der Waals surface area contributed by atoms with Gasteiger partial charge in [0, 0.05) is 6.07 Å². The highest BCUT2D eigenvalue weighted by molar-refractivity contribution is 5.94. The number of Topliss-reactive ketones (excluding diaryl/α,β-unsaturated/α-hetero) is 1. The summed E-state index contributed by atoms with van der Waals surface area (Å²) in [6.07, 6.45) is 0. The molecule has 0 N–H and O–H groups in total. The molecule has 0 atom stereocenters. The van der Waals surface area contributed by atoms with E-state index >= 15 is 0 Å². The van der Waals surface area contributed by atoms with Gasteiger partial charge in [-0.2, -0.15) is 4.39 Å². The molecule has 0 spiro atoms. The maximum absolute atomic E-state index is 13.0. The molecular weight excluding hydrogens is 196 g/mol. The topological polar surface area (TPSA) is 60.2 Å². The number of hydrogen-bond donors (Lipinski definition) is 0. The van der Waals surface area contributed by atoms with Gasteiger partial charge in [0.1, 0.15) is 0 Å². The summed E-state index contributed by atoms with van der Waals surface area (Å²) in [5, 5.41) is 10.2. The van der Waals surface area contributed by atoms with E-state index in [2.05, 4.69) is 0 Å². The van der Waals surface area contributed by atoms with Crippen LogP contribution in [-0.2, 0) is 0 Å². The van der Waals surface area contributed by atoms with Crippen LogP contribution < -0.4 is 0 Å². The van der Waals surface area contributed by atoms with Crippen molar-refractivity contribution in [2.24, 2.45) is 0 Å². The summed E-state index contributed by atoms with van der Waals surface area (Å²) in [6.45, 7) is 1.05. The Morgan fingerprint density at radius 1 is 1.36 bits per heavy atom. The molecule has 0 aliphatic carbocycles. The van der Waals surface area contributed by atoms with Crippen LogP contribution in [0.1, 0.15) is 17.3 Å². The van der Waals surface area contributed by atoms with Crippen LogP contribution in [0, 0.1) is 21.7 Å². The first-order chi connectivity index (χ1) is 6.45. The van der Waals surface area contributed by atoms with Crippen LogP contribution in [-0.4, -0.2) is 10.7 Å². The third kappa shape index (κ3) is 1.59. The van der Waals surface area contributed by atoms with Gasteiger partial charge in [0.25, 0.3) is 0 Å². The van der Waals surface area contributed by atoms with Crippen LogP contribution in [0.4, 0.5) is 14.5 Å². The number of hydrogen-bond acceptors (Lipinski definition) is 3. The first kappa shape index (κ1) is 10.2. The summed E-state index contributed by atoms with van der Waals surface area (Å²) < 4.78 is 25.9. The maximum Gasteiger partial charge on any atom is 0.307 e. The maximum atomic E-state index is 13.0. The van der Waals surface area contributed by atoms with Gasteiger partial charge in [-0.25, -0.2) is 4.39 Å². The van der Waals surface area contributed by atoms with Gasteiger partial charge in [-0.3, -0.25) is 14.9 Å². The van der Waals surface area contributed by atoms with Gasteiger partial charge in [-0.1, -0.05) is 0 Å². The third-order valence-corrected chi connectivity index (χ3v) is 1.64. The zero-order valence-electron chi connectivity index (χ0n) is 7.08. The SMILES string of the molecule is CC(=O)c1ccc([N+](=O)[O-])c(F)c1F. The standard InChI is InChI=1S/C8H5F2NO3/c1-4(12)5-2-3-6(11(13)14)8(10)7(5)9/h2-3H,1H3. The fourth-order valence-electron chi connectivity index (χ4n) is 0.952. The van der Waals surface area contributed by atoms with E-state index < -0.39 is 33.6 Å². The van der Waals surface area contributed by atoms with Crippen molar-refractivity contribution in [2.75, 3.05) is 0 Å². The lowest BCUT2D eigenvalue weighted by Gasteiger charge is -1.99. The smallest absolute Gasteiger partial charge is 0.294 e. The number of nitrogens with zero attached hydrogens (tertiary/aromatic N) is 1. The number of halogens is 2. The van der Waals surface area contributed by atoms with Gasteiger partial charge in [0.05, 0.1) is 10.5 Å². The van der Waals surface area contributed by atoms with Gasteiger partial charge in [-0.15, -0.1) is 0 Å². The lowest BCUT2D eigenvalue weighted by atomic mass is 10.1. The molecule has 74 valence electrons. The Morgan fingerprint density at radius 3 is 2.36 bits per heavy atom. The summed E-state index contributed by atoms with van der Waals surface area (Å²) in [5.41, 5.74) is -1.47. The van der Waals surface area contributed by atoms with Gasteiger partial charge in [0.2, 0.25) is 5.82 Å². The Bertz CT molecular complexity index is 378. The molecule has 14 heavy (non-hydrogen) atoms. The Hall–Kier alpha value is -1.85. The third-order valence-electron chi connectivity index (χ3n) is 1.64. The molecule has 0 fully saturated rings. The van der Waals surface area contributed by atoms with Crippen molar-refractivity contribution >= 4 is 11.5 Å². The summed E-state index contributed by atoms with van der Waals surface area (Å²) >= 11 is 0. The van der Waals surface area contributed by atoms with Crippen molar-refractivity contribution in [1.82, 2.24) is 0 Å². The van der Waals surface area contributed by atoms with Gasteiger partial charge in [-0.05, 0) is 13.0 Å². The minimum absolute atomic E-state index is 0.492. The van der Waals surface area contributed by atoms with Crippen molar-refractivity contribution in [3.63, 3.8) is 0 Å². The highest BCUT2D eigenvalue weighted by Crippen LogP contribution is 2.22. The number of ketones is 1. The minimum Gasteiger partial charge on any atom is -0.294 e. The lowest BCUT2D eigenvalue weighted by molar-refractivity contribution is -0.387. The molecule has 0 saturated carbocycles. The number of nitro groups is 1. The van der Waals surface area contributed by atoms with Crippen LogP contribution in [0.25, 0.3) is 0 Å². The van der Waals surface area contributed by atoms with Crippen molar-refractivity contribution in [3.05, 3.63) is 39.4 Å². The van der Waals surface area contributed by atoms with Gasteiger partial charge >= 0.3 is 5.69 Å². The second-order valence-electron chi connectivity index (χ2n) is 2.57. The molecule has 0 aromatic heterocycles. The molecule has 0 heterocycles. The summed E-state index contributed by atoms with van der Waals surface area (Å²) in [6, 6.07) is 1.65. The zero-order chi connectivity index (χ0) is 10.9. The molecule has 1 rings (SSSR count). The molecule has 1 aromatic rings. The van der Waals surface area contributed by atoms with Gasteiger partial charge in [0.15, 0.2) is 11.6 Å². The minimum atomic E-state index is -1.61. The first-order valence-electron chi connectivity index (χ1n) is 3.58. The van der Waals surface area contributed by atoms with E-state index in [4.69, 9.17) is 0 Å². The van der Waals surface area contributed by atoms with Crippen LogP contribution in [0.2, 0.25) is 0 Å². The normalized spacial score (nSPS) is 9.93. The summed E-state index contributed by atoms with van der Waals surface area (Å²) in [7, 11) is 0. The summed E-state index contributed by atoms with van der Waals surface area (Å²) in [5.74, 6) is -3.77. The number of carbonyl (C=O) groups is 1. The average Bonchev–Trinajstić information content (AvgIpc) is 2.08. The quantitative estimate of drug-likeness (QED) is 0.418. The predicted molar refractivity (Wildman–Crippen MR) is 43.0 cm³/mol. The van der Waals surface area contributed by atoms with E-state index in [1.807, 2.05) is 0 Å². The van der Waals surface area contributed by atoms with Crippen molar-refractivity contribution in [2.45, 2.75) is 6.92 Å². The average molecular weight is 201 g/mol. The molecule has 6 heteroatoms. The molecule has 0 radical (unpaired) electrons. The van der Waals surface area contributed by atoms with Crippen LogP contribution >= 0.6 is 0 Å². The second-order valence-corrected chi connectivity index (χ2v) is 2.57. The zero-order valence-corrected chi connectivity index (χ0v) is 7.08. The van der Waals surface area contributed by atoms with Crippen molar-refractivity contribution < 1.29 is 18.5 Å². The monoisotopic (exact) mass is 201 g/mol. The Balaban J connectivity index is 3.41. The molecule has 0 aliphatic rings. The predicted octanol–water partition coefficient (Wildman–Crippen LogP) is 2.08. The van der Waals surface area contributed by atoms with E-state index in [9.17, 15) is 23.7 Å². The van der Waals surface area contributed by atoms with E-state index in [-0.39, 0.29) is 0 Å². The van der Waals surface area contributed by atoms with Gasteiger partial charge < -0.3 is 0 Å². The molecule has 1 aromatic carbocycles. The number of nitro benzene ring substituents is 1. The van der Waals surface area contributed by atoms with Crippen LogP contribution in [0.15, 0.2) is 12.1 Å². The molecule has 0 amide bonds. The first-order valence-corrected chi connectivity index (χ1v) is 3.58. The lowest BCUT2D eigenvalue weighted by Crippen LogP contribution is -2.03. The largest absolute Gasteiger partial charge is 0.307 e. The van der Waals surface area contributed by atoms with Crippen molar-refractivity contribution in [3.8, 4) is 0 Å². The second kappa shape index (κ2) is 3.49. The Labute approximate surface area is 77.3 Å². The highest BCUT2D eigenvalue weighted by atomic mass is 19.2. The number of rotatable bonds is 2. The van der Waals surface area contributed by atoms with Crippen LogP contribution in [0.5, 0.6) is 0 Å². The summed E-state index contributed by atoms with van der Waals surface area (Å²) in [4.78, 5) is 19.8. The molecular formula is C8H5F2NO3. The van der Waals surface area contributed by atoms with Crippen molar-refractivity contribution in [1.29, 1.82) is 0 Å². The fraction of sp³-hybridized carbons (Fsp3) is 0.125. The Kier molecular flexibility index (Phi) is 2.55. The van der Waals surface area contributed by atoms with Crippen LogP contribution in [0.3, 0.4) is 0 Å². The Morgan fingerprint density at radius 2 is 1.93 bits per heavy atom. The molecule has 0 bridgehead atoms. The van der Waals surface area contributed by atoms with E-state index in [0.29, 0.717) is 0 Å². The molecule has 0 aliphatic heterocycles. The van der Waals surface area contributed by atoms with E-state index in [1.165, 1.54) is 0 Å². The highest BCUT2D eigenvalue weighted by Gasteiger charge is 2.22. The molecule has 0 saturated heterocycles. The molecule has 0 unspecified atom stereocenters. The molecule has 4 nitrogen and oxygen atoms in total. The number of benzene rings is 1. The fourth-order valence-corrected chi connectivity index (χ4v) is 0.952.